The van der Waals surface area contributed by atoms with Gasteiger partial charge in [0.05, 0.1) is 5.56 Å². The third kappa shape index (κ3) is 4.64. The van der Waals surface area contributed by atoms with Crippen LogP contribution in [0.2, 0.25) is 0 Å². The Morgan fingerprint density at radius 3 is 2.59 bits per heavy atom. The summed E-state index contributed by atoms with van der Waals surface area (Å²) < 4.78 is 0. The maximum Gasteiger partial charge on any atom is 0.257 e. The van der Waals surface area contributed by atoms with Crippen molar-refractivity contribution in [2.24, 2.45) is 0 Å². The van der Waals surface area contributed by atoms with Crippen molar-refractivity contribution in [2.45, 2.75) is 32.7 Å². The minimum atomic E-state index is -0.303. The molecule has 1 aliphatic heterocycles. The number of carbonyl (C=O) groups excluding carboxylic acids is 2. The van der Waals surface area contributed by atoms with Crippen molar-refractivity contribution < 1.29 is 9.59 Å². The molecule has 4 aromatic rings. The number of rotatable bonds is 6. The lowest BCUT2D eigenvalue weighted by Crippen LogP contribution is -2.36. The first-order valence-corrected chi connectivity index (χ1v) is 12.9. The van der Waals surface area contributed by atoms with Gasteiger partial charge >= 0.3 is 0 Å². The minimum absolute atomic E-state index is 0.0236. The zero-order valence-corrected chi connectivity index (χ0v) is 20.4. The smallest absolute Gasteiger partial charge is 0.257 e. The van der Waals surface area contributed by atoms with Gasteiger partial charge in [-0.2, -0.15) is 16.1 Å². The highest BCUT2D eigenvalue weighted by molar-refractivity contribution is 7.20. The van der Waals surface area contributed by atoms with Gasteiger partial charge in [0.1, 0.15) is 11.5 Å². The molecule has 34 heavy (non-hydrogen) atoms. The average Bonchev–Trinajstić information content (AvgIpc) is 3.61. The predicted octanol–water partition coefficient (Wildman–Crippen LogP) is 4.70. The van der Waals surface area contributed by atoms with Gasteiger partial charge in [0.15, 0.2) is 0 Å². The largest absolute Gasteiger partial charge is 0.339 e. The number of likely N-dealkylation sites (tertiary alicyclic amines) is 1. The summed E-state index contributed by atoms with van der Waals surface area (Å²) >= 11 is 2.98. The summed E-state index contributed by atoms with van der Waals surface area (Å²) in [6, 6.07) is 11.9. The minimum Gasteiger partial charge on any atom is -0.339 e. The molecule has 1 aromatic carbocycles. The Morgan fingerprint density at radius 1 is 1.06 bits per heavy atom. The molecule has 1 fully saturated rings. The fourth-order valence-electron chi connectivity index (χ4n) is 4.09. The Labute approximate surface area is 205 Å². The van der Waals surface area contributed by atoms with Crippen molar-refractivity contribution in [3.63, 3.8) is 0 Å². The molecule has 0 unspecified atom stereocenters. The van der Waals surface area contributed by atoms with Gasteiger partial charge in [-0.25, -0.2) is 0 Å². The topological polar surface area (TPSA) is 93.0 Å². The van der Waals surface area contributed by atoms with E-state index in [4.69, 9.17) is 0 Å². The van der Waals surface area contributed by atoms with Gasteiger partial charge in [-0.1, -0.05) is 30.3 Å². The molecule has 0 bridgehead atoms. The third-order valence-corrected chi connectivity index (χ3v) is 7.75. The van der Waals surface area contributed by atoms with Crippen LogP contribution in [0.3, 0.4) is 0 Å². The molecule has 1 N–H and O–H groups in total. The Hall–Kier alpha value is -3.37. The number of carbonyl (C=O) groups is 2. The number of aromatic nitrogens is 4. The summed E-state index contributed by atoms with van der Waals surface area (Å²) in [6.45, 7) is 3.36. The zero-order chi connectivity index (χ0) is 23.5. The summed E-state index contributed by atoms with van der Waals surface area (Å²) in [5, 5.41) is 19.7. The SMILES string of the molecule is Cc1c(-c2ccccc2)sc(NC(=O)Cn2nnc(-c3ccsc3)n2)c1C(=O)N1CCCCC1. The summed E-state index contributed by atoms with van der Waals surface area (Å²) in [5.74, 6) is 0.153. The third-order valence-electron chi connectivity index (χ3n) is 5.81. The van der Waals surface area contributed by atoms with E-state index in [1.165, 1.54) is 16.1 Å². The highest BCUT2D eigenvalue weighted by atomic mass is 32.1. The van der Waals surface area contributed by atoms with E-state index in [1.807, 2.05) is 59.0 Å². The monoisotopic (exact) mass is 492 g/mol. The number of nitrogens with zero attached hydrogens (tertiary/aromatic N) is 5. The van der Waals surface area contributed by atoms with Crippen molar-refractivity contribution in [1.82, 2.24) is 25.1 Å². The number of amides is 2. The lowest BCUT2D eigenvalue weighted by atomic mass is 10.0. The lowest BCUT2D eigenvalue weighted by molar-refractivity contribution is -0.117. The van der Waals surface area contributed by atoms with Crippen LogP contribution < -0.4 is 5.32 Å². The van der Waals surface area contributed by atoms with Crippen molar-refractivity contribution in [3.8, 4) is 21.8 Å². The van der Waals surface area contributed by atoms with Gasteiger partial charge < -0.3 is 10.2 Å². The number of hydrogen-bond acceptors (Lipinski definition) is 7. The Bertz CT molecular complexity index is 1290. The van der Waals surface area contributed by atoms with E-state index < -0.39 is 0 Å². The van der Waals surface area contributed by atoms with Crippen molar-refractivity contribution in [3.05, 3.63) is 58.3 Å². The van der Waals surface area contributed by atoms with Crippen molar-refractivity contribution in [2.75, 3.05) is 18.4 Å². The van der Waals surface area contributed by atoms with Crippen LogP contribution in [-0.2, 0) is 11.3 Å². The standard InChI is InChI=1S/C24H24N6O2S2/c1-16-20(24(32)29-11-6-3-7-12-29)23(34-21(16)17-8-4-2-5-9-17)25-19(31)14-30-27-22(26-28-30)18-10-13-33-15-18/h2,4-5,8-10,13,15H,3,6-7,11-12,14H2,1H3,(H,25,31). The molecule has 174 valence electrons. The van der Waals surface area contributed by atoms with Crippen LogP contribution in [0.25, 0.3) is 21.8 Å². The Morgan fingerprint density at radius 2 is 1.85 bits per heavy atom. The molecule has 0 spiro atoms. The number of nitrogens with one attached hydrogen (secondary N) is 1. The molecule has 0 aliphatic carbocycles. The summed E-state index contributed by atoms with van der Waals surface area (Å²) in [6.07, 6.45) is 3.16. The van der Waals surface area contributed by atoms with E-state index in [2.05, 4.69) is 20.7 Å². The number of anilines is 1. The molecule has 3 aromatic heterocycles. The second-order valence-corrected chi connectivity index (χ2v) is 9.98. The molecular weight excluding hydrogens is 468 g/mol. The molecule has 5 rings (SSSR count). The first-order valence-electron chi connectivity index (χ1n) is 11.2. The van der Waals surface area contributed by atoms with Gasteiger partial charge in [-0.15, -0.1) is 21.5 Å². The van der Waals surface area contributed by atoms with Crippen LogP contribution in [0, 0.1) is 6.92 Å². The van der Waals surface area contributed by atoms with Crippen LogP contribution in [0.4, 0.5) is 5.00 Å². The molecule has 2 amide bonds. The molecule has 10 heteroatoms. The van der Waals surface area contributed by atoms with Gasteiger partial charge in [0.2, 0.25) is 11.7 Å². The zero-order valence-electron chi connectivity index (χ0n) is 18.7. The second kappa shape index (κ2) is 9.86. The molecular formula is C24H24N6O2S2. The highest BCUT2D eigenvalue weighted by Crippen LogP contribution is 2.40. The maximum absolute atomic E-state index is 13.5. The highest BCUT2D eigenvalue weighted by Gasteiger charge is 2.28. The van der Waals surface area contributed by atoms with Gasteiger partial charge in [0, 0.05) is 28.9 Å². The van der Waals surface area contributed by atoms with E-state index in [-0.39, 0.29) is 18.4 Å². The van der Waals surface area contributed by atoms with Gasteiger partial charge in [-0.3, -0.25) is 9.59 Å². The van der Waals surface area contributed by atoms with Gasteiger partial charge in [-0.05, 0) is 54.0 Å². The number of thiophene rings is 2. The van der Waals surface area contributed by atoms with Crippen LogP contribution >= 0.6 is 22.7 Å². The lowest BCUT2D eigenvalue weighted by Gasteiger charge is -2.27. The fraction of sp³-hybridized carbons (Fsp3) is 0.292. The van der Waals surface area contributed by atoms with Crippen LogP contribution in [-0.4, -0.2) is 50.0 Å². The van der Waals surface area contributed by atoms with E-state index >= 15 is 0 Å². The van der Waals surface area contributed by atoms with E-state index in [0.717, 1.165) is 53.9 Å². The Balaban J connectivity index is 1.41. The quantitative estimate of drug-likeness (QED) is 0.421. The normalized spacial score (nSPS) is 13.7. The molecule has 1 saturated heterocycles. The molecule has 0 radical (unpaired) electrons. The second-order valence-electron chi connectivity index (χ2n) is 8.18. The fourth-order valence-corrected chi connectivity index (χ4v) is 5.95. The van der Waals surface area contributed by atoms with Crippen LogP contribution in [0.1, 0.15) is 35.2 Å². The number of tetrazole rings is 1. The predicted molar refractivity (Wildman–Crippen MR) is 134 cm³/mol. The van der Waals surface area contributed by atoms with E-state index in [0.29, 0.717) is 16.4 Å². The van der Waals surface area contributed by atoms with Crippen LogP contribution in [0.5, 0.6) is 0 Å². The first kappa shape index (κ1) is 22.4. The van der Waals surface area contributed by atoms with E-state index in [9.17, 15) is 9.59 Å². The molecule has 4 heterocycles. The number of piperidine rings is 1. The van der Waals surface area contributed by atoms with E-state index in [1.54, 1.807) is 11.3 Å². The maximum atomic E-state index is 13.5. The van der Waals surface area contributed by atoms with Gasteiger partial charge in [0.25, 0.3) is 5.91 Å². The van der Waals surface area contributed by atoms with Crippen molar-refractivity contribution in [1.29, 1.82) is 0 Å². The Kier molecular flexibility index (Phi) is 6.50. The number of benzene rings is 1. The molecule has 0 atom stereocenters. The molecule has 1 aliphatic rings. The number of hydrogen-bond donors (Lipinski definition) is 1. The van der Waals surface area contributed by atoms with Crippen LogP contribution in [0.15, 0.2) is 47.2 Å². The first-order chi connectivity index (χ1) is 16.6. The summed E-state index contributed by atoms with van der Waals surface area (Å²) in [4.78, 5) is 30.6. The summed E-state index contributed by atoms with van der Waals surface area (Å²) in [7, 11) is 0. The van der Waals surface area contributed by atoms with Crippen molar-refractivity contribution >= 4 is 39.5 Å². The average molecular weight is 493 g/mol. The molecule has 0 saturated carbocycles. The molecule has 8 nitrogen and oxygen atoms in total. The summed E-state index contributed by atoms with van der Waals surface area (Å²) in [5.41, 5.74) is 3.36.